The van der Waals surface area contributed by atoms with Gasteiger partial charge >= 0.3 is 5.97 Å². The highest BCUT2D eigenvalue weighted by Gasteiger charge is 2.28. The van der Waals surface area contributed by atoms with Crippen LogP contribution in [0.5, 0.6) is 0 Å². The van der Waals surface area contributed by atoms with Gasteiger partial charge in [-0.1, -0.05) is 19.9 Å². The smallest absolute Gasteiger partial charge is 0.338 e. The molecule has 0 aromatic heterocycles. The number of hydrogen-bond acceptors (Lipinski definition) is 4. The Kier molecular flexibility index (Phi) is 5.00. The van der Waals surface area contributed by atoms with Gasteiger partial charge in [-0.15, -0.1) is 0 Å². The number of nitrogens with one attached hydrogen (secondary N) is 1. The van der Waals surface area contributed by atoms with E-state index in [1.54, 1.807) is 12.1 Å². The topological polar surface area (TPSA) is 72.5 Å². The van der Waals surface area contributed by atoms with Gasteiger partial charge in [0.15, 0.2) is 0 Å². The van der Waals surface area contributed by atoms with Crippen molar-refractivity contribution in [3.8, 4) is 0 Å². The Morgan fingerprint density at radius 1 is 1.38 bits per heavy atom. The van der Waals surface area contributed by atoms with E-state index in [2.05, 4.69) is 4.72 Å². The first-order valence-corrected chi connectivity index (χ1v) is 8.66. The molecule has 1 aliphatic rings. The molecular weight excluding hydrogens is 290 g/mol. The largest absolute Gasteiger partial charge is 0.462 e. The standard InChI is InChI=1S/C15H21NO4S/c1-11(2)8-9-20-15(17)12-4-3-5-14(10-12)21(18,19)16-13-6-7-13/h3-5,10-11,13,16H,6-9H2,1-2H3. The van der Waals surface area contributed by atoms with Gasteiger partial charge in [-0.25, -0.2) is 17.9 Å². The van der Waals surface area contributed by atoms with E-state index < -0.39 is 16.0 Å². The second kappa shape index (κ2) is 6.58. The van der Waals surface area contributed by atoms with Gasteiger partial charge in [0.2, 0.25) is 10.0 Å². The van der Waals surface area contributed by atoms with E-state index in [9.17, 15) is 13.2 Å². The van der Waals surface area contributed by atoms with Crippen molar-refractivity contribution >= 4 is 16.0 Å². The maximum atomic E-state index is 12.1. The minimum atomic E-state index is -3.54. The number of esters is 1. The molecular formula is C15H21NO4S. The number of benzene rings is 1. The Morgan fingerprint density at radius 3 is 2.71 bits per heavy atom. The number of sulfonamides is 1. The van der Waals surface area contributed by atoms with Crippen LogP contribution >= 0.6 is 0 Å². The molecule has 0 unspecified atom stereocenters. The van der Waals surface area contributed by atoms with Crippen LogP contribution in [-0.4, -0.2) is 27.0 Å². The first-order valence-electron chi connectivity index (χ1n) is 7.18. The van der Waals surface area contributed by atoms with Crippen molar-refractivity contribution in [1.29, 1.82) is 0 Å². The summed E-state index contributed by atoms with van der Waals surface area (Å²) >= 11 is 0. The van der Waals surface area contributed by atoms with Crippen LogP contribution in [0.1, 0.15) is 43.5 Å². The molecule has 2 rings (SSSR count). The fraction of sp³-hybridized carbons (Fsp3) is 0.533. The molecule has 1 aromatic carbocycles. The Morgan fingerprint density at radius 2 is 2.10 bits per heavy atom. The molecule has 0 bridgehead atoms. The van der Waals surface area contributed by atoms with Gasteiger partial charge in [0.1, 0.15) is 0 Å². The molecule has 116 valence electrons. The van der Waals surface area contributed by atoms with Crippen LogP contribution in [0.2, 0.25) is 0 Å². The number of rotatable bonds is 7. The molecule has 5 nitrogen and oxygen atoms in total. The number of hydrogen-bond donors (Lipinski definition) is 1. The van der Waals surface area contributed by atoms with Gasteiger partial charge < -0.3 is 4.74 Å². The van der Waals surface area contributed by atoms with Crippen molar-refractivity contribution in [3.63, 3.8) is 0 Å². The summed E-state index contributed by atoms with van der Waals surface area (Å²) in [6, 6.07) is 6.00. The average Bonchev–Trinajstić information content (AvgIpc) is 3.21. The summed E-state index contributed by atoms with van der Waals surface area (Å²) in [5.41, 5.74) is 0.262. The molecule has 0 aliphatic heterocycles. The predicted molar refractivity (Wildman–Crippen MR) is 79.5 cm³/mol. The van der Waals surface area contributed by atoms with Crippen LogP contribution in [0.4, 0.5) is 0 Å². The van der Waals surface area contributed by atoms with Gasteiger partial charge in [0.05, 0.1) is 17.1 Å². The molecule has 1 N–H and O–H groups in total. The lowest BCUT2D eigenvalue weighted by molar-refractivity contribution is 0.0488. The Bertz CT molecular complexity index is 606. The lowest BCUT2D eigenvalue weighted by Gasteiger charge is -2.09. The van der Waals surface area contributed by atoms with Gasteiger partial charge in [-0.2, -0.15) is 0 Å². The summed E-state index contributed by atoms with van der Waals surface area (Å²) in [5.74, 6) is -0.0358. The Balaban J connectivity index is 2.04. The van der Waals surface area contributed by atoms with E-state index >= 15 is 0 Å². The average molecular weight is 311 g/mol. The quantitative estimate of drug-likeness (QED) is 0.784. The van der Waals surface area contributed by atoms with Crippen LogP contribution in [0.25, 0.3) is 0 Å². The third-order valence-electron chi connectivity index (χ3n) is 3.21. The van der Waals surface area contributed by atoms with Crippen LogP contribution in [-0.2, 0) is 14.8 Å². The Hall–Kier alpha value is -1.40. The Labute approximate surface area is 125 Å². The predicted octanol–water partition coefficient (Wildman–Crippen LogP) is 2.33. The molecule has 0 spiro atoms. The summed E-state index contributed by atoms with van der Waals surface area (Å²) in [6.45, 7) is 4.43. The van der Waals surface area contributed by atoms with Gasteiger partial charge in [0, 0.05) is 6.04 Å². The van der Waals surface area contributed by atoms with Gasteiger partial charge in [-0.05, 0) is 43.4 Å². The first kappa shape index (κ1) is 16.0. The fourth-order valence-electron chi connectivity index (χ4n) is 1.75. The minimum absolute atomic E-state index is 0.0386. The summed E-state index contributed by atoms with van der Waals surface area (Å²) in [5, 5.41) is 0. The summed E-state index contributed by atoms with van der Waals surface area (Å²) in [4.78, 5) is 12.0. The molecule has 1 fully saturated rings. The molecule has 0 saturated heterocycles. The second-order valence-electron chi connectivity index (χ2n) is 5.74. The van der Waals surface area contributed by atoms with E-state index in [4.69, 9.17) is 4.74 Å². The SMILES string of the molecule is CC(C)CCOC(=O)c1cccc(S(=O)(=O)NC2CC2)c1. The van der Waals surface area contributed by atoms with Crippen LogP contribution < -0.4 is 4.72 Å². The normalized spacial score (nSPS) is 15.2. The highest BCUT2D eigenvalue weighted by atomic mass is 32.2. The van der Waals surface area contributed by atoms with Crippen molar-refractivity contribution in [1.82, 2.24) is 4.72 Å². The van der Waals surface area contributed by atoms with Crippen LogP contribution in [0, 0.1) is 5.92 Å². The van der Waals surface area contributed by atoms with Gasteiger partial charge in [0.25, 0.3) is 0 Å². The molecule has 0 atom stereocenters. The zero-order valence-electron chi connectivity index (χ0n) is 12.3. The summed E-state index contributed by atoms with van der Waals surface area (Å²) < 4.78 is 31.9. The number of ether oxygens (including phenoxy) is 1. The van der Waals surface area contributed by atoms with Crippen molar-refractivity contribution in [3.05, 3.63) is 29.8 Å². The van der Waals surface area contributed by atoms with E-state index in [1.807, 2.05) is 13.8 Å². The number of carbonyl (C=O) groups is 1. The van der Waals surface area contributed by atoms with Crippen molar-refractivity contribution in [2.75, 3.05) is 6.61 Å². The van der Waals surface area contributed by atoms with E-state index in [0.717, 1.165) is 19.3 Å². The molecule has 1 aromatic rings. The number of carbonyl (C=O) groups excluding carboxylic acids is 1. The third-order valence-corrected chi connectivity index (χ3v) is 4.73. The van der Waals surface area contributed by atoms with Crippen LogP contribution in [0.15, 0.2) is 29.2 Å². The van der Waals surface area contributed by atoms with Crippen molar-refractivity contribution in [2.24, 2.45) is 5.92 Å². The maximum absolute atomic E-state index is 12.1. The van der Waals surface area contributed by atoms with Crippen molar-refractivity contribution < 1.29 is 17.9 Å². The molecule has 0 heterocycles. The van der Waals surface area contributed by atoms with E-state index in [1.165, 1.54) is 12.1 Å². The minimum Gasteiger partial charge on any atom is -0.462 e. The summed E-state index contributed by atoms with van der Waals surface area (Å²) in [6.07, 6.45) is 2.53. The van der Waals surface area contributed by atoms with E-state index in [-0.39, 0.29) is 16.5 Å². The summed E-state index contributed by atoms with van der Waals surface area (Å²) in [7, 11) is -3.54. The van der Waals surface area contributed by atoms with Gasteiger partial charge in [-0.3, -0.25) is 0 Å². The molecule has 21 heavy (non-hydrogen) atoms. The monoisotopic (exact) mass is 311 g/mol. The molecule has 6 heteroatoms. The maximum Gasteiger partial charge on any atom is 0.338 e. The van der Waals surface area contributed by atoms with Crippen LogP contribution in [0.3, 0.4) is 0 Å². The highest BCUT2D eigenvalue weighted by molar-refractivity contribution is 7.89. The first-order chi connectivity index (χ1) is 9.88. The zero-order valence-corrected chi connectivity index (χ0v) is 13.2. The lowest BCUT2D eigenvalue weighted by atomic mass is 10.1. The molecule has 0 radical (unpaired) electrons. The zero-order chi connectivity index (χ0) is 15.5. The second-order valence-corrected chi connectivity index (χ2v) is 7.46. The highest BCUT2D eigenvalue weighted by Crippen LogP contribution is 2.22. The van der Waals surface area contributed by atoms with Crippen molar-refractivity contribution in [2.45, 2.75) is 44.0 Å². The fourth-order valence-corrected chi connectivity index (χ4v) is 3.10. The lowest BCUT2D eigenvalue weighted by Crippen LogP contribution is -2.25. The third kappa shape index (κ3) is 4.82. The van der Waals surface area contributed by atoms with E-state index in [0.29, 0.717) is 12.5 Å². The molecule has 0 amide bonds. The molecule has 1 aliphatic carbocycles. The molecule has 1 saturated carbocycles.